The van der Waals surface area contributed by atoms with Crippen molar-refractivity contribution in [3.8, 4) is 0 Å². The highest BCUT2D eigenvalue weighted by molar-refractivity contribution is 9.10. The third-order valence-electron chi connectivity index (χ3n) is 5.77. The molecule has 2 heterocycles. The molecule has 0 radical (unpaired) electrons. The third-order valence-corrected chi connectivity index (χ3v) is 6.27. The number of carbonyl (C=O) groups excluding carboxylic acids is 1. The van der Waals surface area contributed by atoms with E-state index in [1.54, 1.807) is 14.0 Å². The number of piperidine rings is 1. The predicted octanol–water partition coefficient (Wildman–Crippen LogP) is 3.16. The van der Waals surface area contributed by atoms with E-state index in [9.17, 15) is 4.79 Å². The van der Waals surface area contributed by atoms with E-state index in [0.717, 1.165) is 56.6 Å². The van der Waals surface area contributed by atoms with Crippen LogP contribution in [-0.2, 0) is 16.1 Å². The SMILES string of the molecule is COCC1CN(C(C)=O)CC12CCN(Cc1cccc(Br)c1)CC2. The van der Waals surface area contributed by atoms with Crippen LogP contribution < -0.4 is 0 Å². The lowest BCUT2D eigenvalue weighted by atomic mass is 9.71. The van der Waals surface area contributed by atoms with Crippen LogP contribution in [0.5, 0.6) is 0 Å². The number of carbonyl (C=O) groups is 1. The molecule has 0 N–H and O–H groups in total. The molecule has 1 unspecified atom stereocenters. The molecule has 3 rings (SSSR count). The van der Waals surface area contributed by atoms with Gasteiger partial charge in [0.05, 0.1) is 6.61 Å². The summed E-state index contributed by atoms with van der Waals surface area (Å²) in [4.78, 5) is 16.4. The third kappa shape index (κ3) is 3.84. The van der Waals surface area contributed by atoms with E-state index in [2.05, 4.69) is 45.1 Å². The zero-order valence-corrected chi connectivity index (χ0v) is 16.2. The van der Waals surface area contributed by atoms with Crippen molar-refractivity contribution in [2.24, 2.45) is 11.3 Å². The predicted molar refractivity (Wildman–Crippen MR) is 98.7 cm³/mol. The molecule has 0 aromatic heterocycles. The van der Waals surface area contributed by atoms with Crippen LogP contribution in [0.15, 0.2) is 28.7 Å². The zero-order valence-electron chi connectivity index (χ0n) is 14.6. The second-order valence-electron chi connectivity index (χ2n) is 7.32. The van der Waals surface area contributed by atoms with Gasteiger partial charge in [-0.15, -0.1) is 0 Å². The molecule has 2 aliphatic rings. The molecular weight excluding hydrogens is 368 g/mol. The number of benzene rings is 1. The van der Waals surface area contributed by atoms with Gasteiger partial charge in [-0.3, -0.25) is 9.69 Å². The van der Waals surface area contributed by atoms with Crippen LogP contribution in [0.25, 0.3) is 0 Å². The van der Waals surface area contributed by atoms with Crippen LogP contribution in [0.1, 0.15) is 25.3 Å². The van der Waals surface area contributed by atoms with Gasteiger partial charge in [0.25, 0.3) is 0 Å². The normalized spacial score (nSPS) is 23.8. The Morgan fingerprint density at radius 1 is 1.38 bits per heavy atom. The Hall–Kier alpha value is -0.910. The average Bonchev–Trinajstić information content (AvgIpc) is 2.89. The lowest BCUT2D eigenvalue weighted by Crippen LogP contribution is -2.45. The van der Waals surface area contributed by atoms with Crippen molar-refractivity contribution < 1.29 is 9.53 Å². The topological polar surface area (TPSA) is 32.8 Å². The van der Waals surface area contributed by atoms with E-state index in [4.69, 9.17) is 4.74 Å². The molecule has 1 aromatic carbocycles. The van der Waals surface area contributed by atoms with Gasteiger partial charge < -0.3 is 9.64 Å². The maximum absolute atomic E-state index is 11.8. The Bertz CT molecular complexity index is 584. The summed E-state index contributed by atoms with van der Waals surface area (Å²) in [6.07, 6.45) is 2.30. The summed E-state index contributed by atoms with van der Waals surface area (Å²) in [5, 5.41) is 0. The number of hydrogen-bond donors (Lipinski definition) is 0. The van der Waals surface area contributed by atoms with Gasteiger partial charge in [0, 0.05) is 44.1 Å². The summed E-state index contributed by atoms with van der Waals surface area (Å²) in [7, 11) is 1.77. The molecule has 1 aromatic rings. The van der Waals surface area contributed by atoms with Gasteiger partial charge in [0.15, 0.2) is 0 Å². The number of hydrogen-bond acceptors (Lipinski definition) is 3. The molecule has 2 aliphatic heterocycles. The number of rotatable bonds is 4. The monoisotopic (exact) mass is 394 g/mol. The van der Waals surface area contributed by atoms with Crippen LogP contribution in [-0.4, -0.2) is 55.6 Å². The molecule has 0 bridgehead atoms. The molecule has 0 saturated carbocycles. The van der Waals surface area contributed by atoms with Crippen molar-refractivity contribution in [2.45, 2.75) is 26.3 Å². The maximum atomic E-state index is 11.8. The molecule has 2 fully saturated rings. The van der Waals surface area contributed by atoms with Crippen LogP contribution >= 0.6 is 15.9 Å². The summed E-state index contributed by atoms with van der Waals surface area (Å²) < 4.78 is 6.60. The van der Waals surface area contributed by atoms with Gasteiger partial charge in [-0.05, 0) is 49.0 Å². The summed E-state index contributed by atoms with van der Waals surface area (Å²) in [5.41, 5.74) is 1.60. The quantitative estimate of drug-likeness (QED) is 0.785. The van der Waals surface area contributed by atoms with Crippen LogP contribution in [0, 0.1) is 11.3 Å². The van der Waals surface area contributed by atoms with Gasteiger partial charge in [-0.25, -0.2) is 0 Å². The molecule has 24 heavy (non-hydrogen) atoms. The Morgan fingerprint density at radius 2 is 2.12 bits per heavy atom. The van der Waals surface area contributed by atoms with Gasteiger partial charge in [0.2, 0.25) is 5.91 Å². The van der Waals surface area contributed by atoms with Gasteiger partial charge >= 0.3 is 0 Å². The molecule has 4 nitrogen and oxygen atoms in total. The van der Waals surface area contributed by atoms with Crippen molar-refractivity contribution in [1.29, 1.82) is 0 Å². The number of amides is 1. The number of ether oxygens (including phenoxy) is 1. The molecular formula is C19H27BrN2O2. The highest BCUT2D eigenvalue weighted by atomic mass is 79.9. The molecule has 1 amide bonds. The lowest BCUT2D eigenvalue weighted by Gasteiger charge is -2.42. The first kappa shape index (κ1) is 17.9. The van der Waals surface area contributed by atoms with Crippen molar-refractivity contribution >= 4 is 21.8 Å². The number of halogens is 1. The number of methoxy groups -OCH3 is 1. The largest absolute Gasteiger partial charge is 0.384 e. The molecule has 0 aliphatic carbocycles. The fraction of sp³-hybridized carbons (Fsp3) is 0.632. The Morgan fingerprint density at radius 3 is 2.75 bits per heavy atom. The smallest absolute Gasteiger partial charge is 0.219 e. The second kappa shape index (κ2) is 7.54. The minimum absolute atomic E-state index is 0.199. The second-order valence-corrected chi connectivity index (χ2v) is 8.24. The van der Waals surface area contributed by atoms with Crippen LogP contribution in [0.2, 0.25) is 0 Å². The first-order chi connectivity index (χ1) is 11.5. The molecule has 5 heteroatoms. The summed E-state index contributed by atoms with van der Waals surface area (Å²) in [5.74, 6) is 0.670. The minimum atomic E-state index is 0.199. The van der Waals surface area contributed by atoms with Gasteiger partial charge in [-0.1, -0.05) is 28.1 Å². The Kier molecular flexibility index (Phi) is 5.63. The Labute approximate surface area is 153 Å². The average molecular weight is 395 g/mol. The number of nitrogens with zero attached hydrogens (tertiary/aromatic N) is 2. The van der Waals surface area contributed by atoms with Crippen molar-refractivity contribution in [3.63, 3.8) is 0 Å². The first-order valence-electron chi connectivity index (χ1n) is 8.74. The standard InChI is InChI=1S/C19H27BrN2O2/c1-15(23)22-12-17(13-24-2)19(14-22)6-8-21(9-7-19)11-16-4-3-5-18(20)10-16/h3-5,10,17H,6-9,11-14H2,1-2H3. The molecule has 1 atom stereocenters. The fourth-order valence-corrected chi connectivity index (χ4v) is 4.77. The van der Waals surface area contributed by atoms with E-state index in [0.29, 0.717) is 5.92 Å². The van der Waals surface area contributed by atoms with Crippen molar-refractivity contribution in [2.75, 3.05) is 39.9 Å². The van der Waals surface area contributed by atoms with E-state index in [-0.39, 0.29) is 11.3 Å². The fourth-order valence-electron chi connectivity index (χ4n) is 4.32. The minimum Gasteiger partial charge on any atom is -0.384 e. The highest BCUT2D eigenvalue weighted by Crippen LogP contribution is 2.45. The zero-order chi connectivity index (χ0) is 17.2. The number of likely N-dealkylation sites (tertiary alicyclic amines) is 2. The molecule has 2 saturated heterocycles. The maximum Gasteiger partial charge on any atom is 0.219 e. The van der Waals surface area contributed by atoms with Crippen LogP contribution in [0.3, 0.4) is 0 Å². The molecule has 1 spiro atoms. The van der Waals surface area contributed by atoms with Crippen molar-refractivity contribution in [1.82, 2.24) is 9.80 Å². The van der Waals surface area contributed by atoms with E-state index >= 15 is 0 Å². The Balaban J connectivity index is 1.63. The lowest BCUT2D eigenvalue weighted by molar-refractivity contribution is -0.128. The van der Waals surface area contributed by atoms with Crippen LogP contribution in [0.4, 0.5) is 0 Å². The van der Waals surface area contributed by atoms with E-state index < -0.39 is 0 Å². The summed E-state index contributed by atoms with van der Waals surface area (Å²) >= 11 is 3.55. The van der Waals surface area contributed by atoms with E-state index in [1.165, 1.54) is 5.56 Å². The molecule has 132 valence electrons. The summed E-state index contributed by atoms with van der Waals surface area (Å²) in [6.45, 7) is 7.40. The first-order valence-corrected chi connectivity index (χ1v) is 9.53. The highest BCUT2D eigenvalue weighted by Gasteiger charge is 2.48. The van der Waals surface area contributed by atoms with E-state index in [1.807, 2.05) is 4.90 Å². The van der Waals surface area contributed by atoms with Gasteiger partial charge in [-0.2, -0.15) is 0 Å². The summed E-state index contributed by atoms with van der Waals surface area (Å²) in [6, 6.07) is 8.56. The van der Waals surface area contributed by atoms with Crippen molar-refractivity contribution in [3.05, 3.63) is 34.3 Å². The van der Waals surface area contributed by atoms with Gasteiger partial charge in [0.1, 0.15) is 0 Å².